The molecule has 0 amide bonds. The Hall–Kier alpha value is -2.88. The summed E-state index contributed by atoms with van der Waals surface area (Å²) >= 11 is 0. The molecule has 116 valence electrons. The van der Waals surface area contributed by atoms with E-state index >= 15 is 0 Å². The van der Waals surface area contributed by atoms with Crippen LogP contribution in [0.5, 0.6) is 0 Å². The second-order valence-electron chi connectivity index (χ2n) is 5.26. The third-order valence-corrected chi connectivity index (χ3v) is 3.64. The molecule has 0 aliphatic carbocycles. The second-order valence-corrected chi connectivity index (χ2v) is 5.26. The topological polar surface area (TPSA) is 49.8 Å². The van der Waals surface area contributed by atoms with Gasteiger partial charge in [0.1, 0.15) is 18.0 Å². The first-order valence-electron chi connectivity index (χ1n) is 7.80. The number of aromatic nitrogens is 2. The van der Waals surface area contributed by atoms with Gasteiger partial charge >= 0.3 is 0 Å². The number of benzene rings is 2. The third kappa shape index (κ3) is 4.07. The minimum atomic E-state index is 0.739. The van der Waals surface area contributed by atoms with Gasteiger partial charge in [-0.15, -0.1) is 0 Å². The van der Waals surface area contributed by atoms with E-state index in [-0.39, 0.29) is 0 Å². The van der Waals surface area contributed by atoms with E-state index in [2.05, 4.69) is 57.9 Å². The van der Waals surface area contributed by atoms with Crippen LogP contribution in [0.4, 0.5) is 17.3 Å². The molecule has 4 heteroatoms. The fraction of sp³-hybridized carbons (Fsp3) is 0.158. The van der Waals surface area contributed by atoms with Crippen LogP contribution in [0.25, 0.3) is 0 Å². The molecule has 4 nitrogen and oxygen atoms in total. The van der Waals surface area contributed by atoms with Crippen LogP contribution >= 0.6 is 0 Å². The fourth-order valence-corrected chi connectivity index (χ4v) is 2.40. The van der Waals surface area contributed by atoms with Crippen LogP contribution in [-0.4, -0.2) is 9.97 Å². The van der Waals surface area contributed by atoms with Crippen LogP contribution in [0.1, 0.15) is 18.1 Å². The summed E-state index contributed by atoms with van der Waals surface area (Å²) in [5, 5.41) is 6.70. The molecule has 2 N–H and O–H groups in total. The molecule has 0 saturated heterocycles. The smallest absolute Gasteiger partial charge is 0.135 e. The summed E-state index contributed by atoms with van der Waals surface area (Å²) in [6, 6.07) is 20.5. The van der Waals surface area contributed by atoms with E-state index in [0.29, 0.717) is 0 Å². The highest BCUT2D eigenvalue weighted by molar-refractivity contribution is 5.62. The predicted octanol–water partition coefficient (Wildman–Crippen LogP) is 4.39. The SMILES string of the molecule is CCc1ccccc1Nc1cc(NCc2ccccc2)ncn1. The Balaban J connectivity index is 1.70. The van der Waals surface area contributed by atoms with Gasteiger partial charge in [0.05, 0.1) is 0 Å². The normalized spacial score (nSPS) is 10.3. The molecule has 0 saturated carbocycles. The zero-order valence-corrected chi connectivity index (χ0v) is 13.2. The predicted molar refractivity (Wildman–Crippen MR) is 94.9 cm³/mol. The number of para-hydroxylation sites is 1. The van der Waals surface area contributed by atoms with Gasteiger partial charge in [-0.25, -0.2) is 9.97 Å². The van der Waals surface area contributed by atoms with Crippen molar-refractivity contribution in [3.63, 3.8) is 0 Å². The van der Waals surface area contributed by atoms with Gasteiger partial charge in [-0.3, -0.25) is 0 Å². The van der Waals surface area contributed by atoms with Crippen molar-refractivity contribution in [2.45, 2.75) is 19.9 Å². The monoisotopic (exact) mass is 304 g/mol. The summed E-state index contributed by atoms with van der Waals surface area (Å²) in [5.74, 6) is 1.59. The van der Waals surface area contributed by atoms with E-state index < -0.39 is 0 Å². The third-order valence-electron chi connectivity index (χ3n) is 3.64. The van der Waals surface area contributed by atoms with Crippen LogP contribution in [0.3, 0.4) is 0 Å². The molecular weight excluding hydrogens is 284 g/mol. The molecule has 0 spiro atoms. The molecule has 0 atom stereocenters. The highest BCUT2D eigenvalue weighted by Gasteiger charge is 2.03. The molecular formula is C19H20N4. The number of anilines is 3. The number of hydrogen-bond acceptors (Lipinski definition) is 4. The van der Waals surface area contributed by atoms with Crippen LogP contribution in [0.15, 0.2) is 67.0 Å². The summed E-state index contributed by atoms with van der Waals surface area (Å²) in [6.45, 7) is 2.89. The Morgan fingerprint density at radius 3 is 2.43 bits per heavy atom. The van der Waals surface area contributed by atoms with Crippen LogP contribution < -0.4 is 10.6 Å². The lowest BCUT2D eigenvalue weighted by Crippen LogP contribution is -2.03. The average Bonchev–Trinajstić information content (AvgIpc) is 2.62. The Morgan fingerprint density at radius 1 is 0.870 bits per heavy atom. The van der Waals surface area contributed by atoms with Crippen molar-refractivity contribution >= 4 is 17.3 Å². The van der Waals surface area contributed by atoms with E-state index in [1.807, 2.05) is 30.3 Å². The van der Waals surface area contributed by atoms with Crippen molar-refractivity contribution in [3.05, 3.63) is 78.1 Å². The van der Waals surface area contributed by atoms with Crippen LogP contribution in [0.2, 0.25) is 0 Å². The zero-order chi connectivity index (χ0) is 15.9. The zero-order valence-electron chi connectivity index (χ0n) is 13.2. The molecule has 0 aliphatic heterocycles. The molecule has 0 fully saturated rings. The lowest BCUT2D eigenvalue weighted by molar-refractivity contribution is 1.08. The van der Waals surface area contributed by atoms with Crippen molar-refractivity contribution in [1.82, 2.24) is 9.97 Å². The number of hydrogen-bond donors (Lipinski definition) is 2. The minimum absolute atomic E-state index is 0.739. The summed E-state index contributed by atoms with van der Waals surface area (Å²) < 4.78 is 0. The van der Waals surface area contributed by atoms with Crippen LogP contribution in [-0.2, 0) is 13.0 Å². The van der Waals surface area contributed by atoms with E-state index in [9.17, 15) is 0 Å². The molecule has 0 bridgehead atoms. The molecule has 0 aliphatic rings. The Kier molecular flexibility index (Phi) is 4.84. The van der Waals surface area contributed by atoms with Crippen molar-refractivity contribution < 1.29 is 0 Å². The van der Waals surface area contributed by atoms with Gasteiger partial charge in [0.15, 0.2) is 0 Å². The van der Waals surface area contributed by atoms with Gasteiger partial charge in [-0.1, -0.05) is 55.5 Å². The van der Waals surface area contributed by atoms with E-state index in [1.165, 1.54) is 11.1 Å². The molecule has 3 rings (SSSR count). The first-order valence-corrected chi connectivity index (χ1v) is 7.80. The minimum Gasteiger partial charge on any atom is -0.366 e. The summed E-state index contributed by atoms with van der Waals surface area (Å²) in [4.78, 5) is 8.58. The van der Waals surface area contributed by atoms with Crippen molar-refractivity contribution in [2.75, 3.05) is 10.6 Å². The van der Waals surface area contributed by atoms with Gasteiger partial charge in [-0.2, -0.15) is 0 Å². The standard InChI is InChI=1S/C19H20N4/c1-2-16-10-6-7-11-17(16)23-19-12-18(21-14-22-19)20-13-15-8-4-3-5-9-15/h3-12,14H,2,13H2,1H3,(H2,20,21,22,23). The fourth-order valence-electron chi connectivity index (χ4n) is 2.40. The summed E-state index contributed by atoms with van der Waals surface area (Å²) in [6.07, 6.45) is 2.55. The lowest BCUT2D eigenvalue weighted by atomic mass is 10.1. The van der Waals surface area contributed by atoms with Gasteiger partial charge in [-0.05, 0) is 23.6 Å². The maximum absolute atomic E-state index is 4.30. The van der Waals surface area contributed by atoms with E-state index in [1.54, 1.807) is 6.33 Å². The second kappa shape index (κ2) is 7.40. The van der Waals surface area contributed by atoms with Gasteiger partial charge < -0.3 is 10.6 Å². The lowest BCUT2D eigenvalue weighted by Gasteiger charge is -2.11. The Morgan fingerprint density at radius 2 is 1.61 bits per heavy atom. The Bertz CT molecular complexity index is 756. The Labute approximate surface area is 136 Å². The van der Waals surface area contributed by atoms with Gasteiger partial charge in [0.2, 0.25) is 0 Å². The van der Waals surface area contributed by atoms with Crippen molar-refractivity contribution in [1.29, 1.82) is 0 Å². The highest BCUT2D eigenvalue weighted by atomic mass is 15.1. The number of nitrogens with one attached hydrogen (secondary N) is 2. The van der Waals surface area contributed by atoms with Crippen molar-refractivity contribution in [3.8, 4) is 0 Å². The van der Waals surface area contributed by atoms with Gasteiger partial charge in [0, 0.05) is 18.3 Å². The maximum Gasteiger partial charge on any atom is 0.135 e. The van der Waals surface area contributed by atoms with Gasteiger partial charge in [0.25, 0.3) is 0 Å². The first-order chi connectivity index (χ1) is 11.3. The van der Waals surface area contributed by atoms with E-state index in [4.69, 9.17) is 0 Å². The molecule has 3 aromatic rings. The number of nitrogens with zero attached hydrogens (tertiary/aromatic N) is 2. The largest absolute Gasteiger partial charge is 0.366 e. The molecule has 1 heterocycles. The summed E-state index contributed by atoms with van der Waals surface area (Å²) in [7, 11) is 0. The summed E-state index contributed by atoms with van der Waals surface area (Å²) in [5.41, 5.74) is 3.57. The van der Waals surface area contributed by atoms with Crippen LogP contribution in [0, 0.1) is 0 Å². The molecule has 2 aromatic carbocycles. The number of rotatable bonds is 6. The molecule has 1 aromatic heterocycles. The number of aryl methyl sites for hydroxylation is 1. The first kappa shape index (κ1) is 15.0. The highest BCUT2D eigenvalue weighted by Crippen LogP contribution is 2.21. The molecule has 0 unspecified atom stereocenters. The maximum atomic E-state index is 4.30. The average molecular weight is 304 g/mol. The van der Waals surface area contributed by atoms with E-state index in [0.717, 1.165) is 30.3 Å². The molecule has 0 radical (unpaired) electrons. The van der Waals surface area contributed by atoms with Crippen molar-refractivity contribution in [2.24, 2.45) is 0 Å². The molecule has 23 heavy (non-hydrogen) atoms. The quantitative estimate of drug-likeness (QED) is 0.709.